The molecule has 0 bridgehead atoms. The third-order valence-electron chi connectivity index (χ3n) is 5.73. The molecule has 1 aliphatic rings. The standard InChI is InChI=1S/C19H29N7O10/c1-8(31)10(16(34)25-19(3-28,4-29)5-30)23-18(35)24-14-11-15(21-6-20-14)26(7-22-11)17-13(33)12(32)9(2-27)36-17/h6-10,12-13,17,27-33H,2-5H2,1H3,(H,25,34)(H2,20,21,23,24,35)/t8-,9+,10+,12+,13+,17+/m0/s1. The molecule has 0 aliphatic carbocycles. The Morgan fingerprint density at radius 2 is 1.78 bits per heavy atom. The highest BCUT2D eigenvalue weighted by molar-refractivity contribution is 5.98. The van der Waals surface area contributed by atoms with E-state index in [2.05, 4.69) is 30.9 Å². The fourth-order valence-corrected chi connectivity index (χ4v) is 3.54. The van der Waals surface area contributed by atoms with Gasteiger partial charge in [0, 0.05) is 0 Å². The summed E-state index contributed by atoms with van der Waals surface area (Å²) in [5.74, 6) is -1.10. The normalized spacial score (nSPS) is 23.9. The second kappa shape index (κ2) is 11.4. The summed E-state index contributed by atoms with van der Waals surface area (Å²) in [4.78, 5) is 37.3. The Hall–Kier alpha value is -3.03. The first-order valence-electron chi connectivity index (χ1n) is 10.8. The first-order chi connectivity index (χ1) is 17.1. The van der Waals surface area contributed by atoms with Crippen molar-refractivity contribution < 1.29 is 50.1 Å². The number of ether oxygens (including phenoxy) is 1. The number of hydrogen-bond donors (Lipinski definition) is 10. The molecule has 0 spiro atoms. The molecule has 0 unspecified atom stereocenters. The van der Waals surface area contributed by atoms with Gasteiger partial charge >= 0.3 is 6.03 Å². The molecule has 10 N–H and O–H groups in total. The number of urea groups is 1. The molecule has 3 amide bonds. The zero-order valence-corrected chi connectivity index (χ0v) is 19.1. The molecule has 0 aromatic carbocycles. The van der Waals surface area contributed by atoms with E-state index in [1.807, 2.05) is 0 Å². The Balaban J connectivity index is 1.77. The van der Waals surface area contributed by atoms with Crippen molar-refractivity contribution in [3.8, 4) is 0 Å². The number of hydrogen-bond acceptors (Lipinski definition) is 13. The molecule has 6 atom stereocenters. The molecule has 17 heteroatoms. The molecular weight excluding hydrogens is 486 g/mol. The van der Waals surface area contributed by atoms with Crippen LogP contribution in [0.15, 0.2) is 12.7 Å². The van der Waals surface area contributed by atoms with E-state index in [0.717, 1.165) is 6.33 Å². The summed E-state index contributed by atoms with van der Waals surface area (Å²) >= 11 is 0. The van der Waals surface area contributed by atoms with Gasteiger partial charge in [0.05, 0.1) is 38.9 Å². The van der Waals surface area contributed by atoms with Gasteiger partial charge in [-0.1, -0.05) is 0 Å². The number of amides is 3. The van der Waals surface area contributed by atoms with Crippen molar-refractivity contribution in [1.82, 2.24) is 30.2 Å². The average molecular weight is 515 g/mol. The first-order valence-corrected chi connectivity index (χ1v) is 10.8. The van der Waals surface area contributed by atoms with Crippen molar-refractivity contribution in [3.05, 3.63) is 12.7 Å². The molecule has 1 saturated heterocycles. The van der Waals surface area contributed by atoms with Gasteiger partial charge in [-0.15, -0.1) is 0 Å². The van der Waals surface area contributed by atoms with Crippen LogP contribution in [-0.2, 0) is 9.53 Å². The van der Waals surface area contributed by atoms with Crippen LogP contribution in [0.25, 0.3) is 11.2 Å². The van der Waals surface area contributed by atoms with Crippen LogP contribution >= 0.6 is 0 Å². The van der Waals surface area contributed by atoms with Gasteiger partial charge in [0.2, 0.25) is 5.91 Å². The van der Waals surface area contributed by atoms with Crippen LogP contribution in [0, 0.1) is 0 Å². The predicted octanol–water partition coefficient (Wildman–Crippen LogP) is -4.86. The fraction of sp³-hybridized carbons (Fsp3) is 0.632. The molecule has 2 aromatic heterocycles. The van der Waals surface area contributed by atoms with Crippen LogP contribution in [0.3, 0.4) is 0 Å². The summed E-state index contributed by atoms with van der Waals surface area (Å²) in [6, 6.07) is -2.54. The summed E-state index contributed by atoms with van der Waals surface area (Å²) in [6.45, 7) is -1.73. The Labute approximate surface area is 203 Å². The van der Waals surface area contributed by atoms with Gasteiger partial charge in [-0.2, -0.15) is 0 Å². The molecule has 0 saturated carbocycles. The minimum Gasteiger partial charge on any atom is -0.394 e. The number of fused-ring (bicyclic) bond motifs is 1. The lowest BCUT2D eigenvalue weighted by Crippen LogP contribution is -2.63. The lowest BCUT2D eigenvalue weighted by atomic mass is 10.0. The Bertz CT molecular complexity index is 1050. The number of imidazole rings is 1. The van der Waals surface area contributed by atoms with Crippen molar-refractivity contribution in [2.75, 3.05) is 31.7 Å². The molecule has 36 heavy (non-hydrogen) atoms. The SMILES string of the molecule is C[C@H](O)[C@@H](NC(=O)Nc1ncnc2c1ncn2[C@@H]1O[C@H](CO)[C@@H](O)[C@H]1O)C(=O)NC(CO)(CO)CO. The van der Waals surface area contributed by atoms with Crippen LogP contribution < -0.4 is 16.0 Å². The summed E-state index contributed by atoms with van der Waals surface area (Å²) in [7, 11) is 0. The maximum Gasteiger partial charge on any atom is 0.321 e. The Kier molecular flexibility index (Phi) is 8.69. The van der Waals surface area contributed by atoms with E-state index in [1.54, 1.807) is 0 Å². The topological polar surface area (TPSA) is 265 Å². The van der Waals surface area contributed by atoms with Gasteiger partial charge in [0.15, 0.2) is 23.2 Å². The molecule has 1 fully saturated rings. The molecule has 3 rings (SSSR count). The molecule has 0 radical (unpaired) electrons. The van der Waals surface area contributed by atoms with Crippen molar-refractivity contribution >= 4 is 28.9 Å². The fourth-order valence-electron chi connectivity index (χ4n) is 3.54. The van der Waals surface area contributed by atoms with Crippen molar-refractivity contribution in [2.45, 2.75) is 49.1 Å². The van der Waals surface area contributed by atoms with E-state index >= 15 is 0 Å². The van der Waals surface area contributed by atoms with Crippen molar-refractivity contribution in [3.63, 3.8) is 0 Å². The van der Waals surface area contributed by atoms with Gasteiger partial charge in [-0.25, -0.2) is 19.7 Å². The lowest BCUT2D eigenvalue weighted by Gasteiger charge is -2.31. The van der Waals surface area contributed by atoms with Crippen LogP contribution in [-0.4, -0.2) is 130 Å². The monoisotopic (exact) mass is 515 g/mol. The van der Waals surface area contributed by atoms with Crippen molar-refractivity contribution in [1.29, 1.82) is 0 Å². The second-order valence-corrected chi connectivity index (χ2v) is 8.34. The van der Waals surface area contributed by atoms with Crippen LogP contribution in [0.2, 0.25) is 0 Å². The average Bonchev–Trinajstić information content (AvgIpc) is 3.42. The Morgan fingerprint density at radius 3 is 2.33 bits per heavy atom. The molecular formula is C19H29N7O10. The van der Waals surface area contributed by atoms with E-state index in [0.29, 0.717) is 0 Å². The number of anilines is 1. The highest BCUT2D eigenvalue weighted by atomic mass is 16.6. The number of aliphatic hydroxyl groups is 7. The highest BCUT2D eigenvalue weighted by Gasteiger charge is 2.44. The summed E-state index contributed by atoms with van der Waals surface area (Å²) in [5, 5.41) is 74.5. The van der Waals surface area contributed by atoms with Gasteiger partial charge in [0.25, 0.3) is 0 Å². The quantitative estimate of drug-likeness (QED) is 0.142. The van der Waals surface area contributed by atoms with Crippen molar-refractivity contribution in [2.24, 2.45) is 0 Å². The first kappa shape index (κ1) is 27.6. The van der Waals surface area contributed by atoms with Gasteiger partial charge in [0.1, 0.15) is 36.2 Å². The van der Waals surface area contributed by atoms with Gasteiger partial charge in [-0.3, -0.25) is 14.7 Å². The van der Waals surface area contributed by atoms with Gasteiger partial charge in [-0.05, 0) is 6.92 Å². The van der Waals surface area contributed by atoms with Gasteiger partial charge < -0.3 is 51.1 Å². The summed E-state index contributed by atoms with van der Waals surface area (Å²) in [5.41, 5.74) is -1.61. The smallest absolute Gasteiger partial charge is 0.321 e. The summed E-state index contributed by atoms with van der Waals surface area (Å²) < 4.78 is 6.75. The third kappa shape index (κ3) is 5.37. The maximum atomic E-state index is 12.6. The number of nitrogens with zero attached hydrogens (tertiary/aromatic N) is 4. The third-order valence-corrected chi connectivity index (χ3v) is 5.73. The molecule has 17 nitrogen and oxygen atoms in total. The van der Waals surface area contributed by atoms with E-state index in [4.69, 9.17) is 4.74 Å². The second-order valence-electron chi connectivity index (χ2n) is 8.34. The predicted molar refractivity (Wildman–Crippen MR) is 118 cm³/mol. The number of carbonyl (C=O) groups is 2. The van der Waals surface area contributed by atoms with E-state index < -0.39 is 80.6 Å². The zero-order chi connectivity index (χ0) is 26.6. The number of nitrogens with one attached hydrogen (secondary N) is 3. The maximum absolute atomic E-state index is 12.6. The molecule has 2 aromatic rings. The molecule has 200 valence electrons. The van der Waals surface area contributed by atoms with Crippen LogP contribution in [0.4, 0.5) is 10.6 Å². The zero-order valence-electron chi connectivity index (χ0n) is 19.1. The number of aromatic nitrogens is 4. The van der Waals surface area contributed by atoms with E-state index in [-0.39, 0.29) is 17.0 Å². The lowest BCUT2D eigenvalue weighted by molar-refractivity contribution is -0.129. The van der Waals surface area contributed by atoms with E-state index in [1.165, 1.54) is 17.8 Å². The highest BCUT2D eigenvalue weighted by Crippen LogP contribution is 2.32. The molecule has 3 heterocycles. The summed E-state index contributed by atoms with van der Waals surface area (Å²) in [6.07, 6.45) is -4.03. The number of aliphatic hydroxyl groups excluding tert-OH is 7. The number of carbonyl (C=O) groups excluding carboxylic acids is 2. The number of rotatable bonds is 10. The van der Waals surface area contributed by atoms with Crippen LogP contribution in [0.1, 0.15) is 13.2 Å². The van der Waals surface area contributed by atoms with E-state index in [9.17, 15) is 45.3 Å². The Morgan fingerprint density at radius 1 is 1.11 bits per heavy atom. The molecule has 1 aliphatic heterocycles. The minimum atomic E-state index is -1.77. The largest absolute Gasteiger partial charge is 0.394 e. The minimum absolute atomic E-state index is 0.0586. The van der Waals surface area contributed by atoms with Crippen LogP contribution in [0.5, 0.6) is 0 Å².